The van der Waals surface area contributed by atoms with E-state index in [-0.39, 0.29) is 29.8 Å². The summed E-state index contributed by atoms with van der Waals surface area (Å²) >= 11 is 0. The van der Waals surface area contributed by atoms with Gasteiger partial charge in [-0.15, -0.1) is 0 Å². The molecule has 2 N–H and O–H groups in total. The van der Waals surface area contributed by atoms with Gasteiger partial charge in [-0.3, -0.25) is 19.0 Å². The molecule has 2 aromatic rings. The second-order valence-electron chi connectivity index (χ2n) is 6.52. The summed E-state index contributed by atoms with van der Waals surface area (Å²) in [5.74, 6) is -0.661. The van der Waals surface area contributed by atoms with E-state index in [9.17, 15) is 14.4 Å². The second kappa shape index (κ2) is 8.39. The standard InChI is InChI=1S/C19H24N4O5/c1-3-22(4-2)16(24)10-23-18-13(9-14(17(20)25)19(23)26)15(5-7-21-18)28-11-12-6-8-27-12/h5,7,9,12H,3-4,6,8,10-11H2,1-2H3,(H2,20,25). The first-order chi connectivity index (χ1) is 13.5. The molecule has 0 bridgehead atoms. The van der Waals surface area contributed by atoms with Crippen molar-refractivity contribution < 1.29 is 19.1 Å². The Hall–Kier alpha value is -2.94. The number of fused-ring (bicyclic) bond motifs is 1. The maximum Gasteiger partial charge on any atom is 0.265 e. The van der Waals surface area contributed by atoms with Gasteiger partial charge in [0.2, 0.25) is 5.91 Å². The van der Waals surface area contributed by atoms with Crippen molar-refractivity contribution in [3.05, 3.63) is 34.2 Å². The van der Waals surface area contributed by atoms with Gasteiger partial charge in [0.1, 0.15) is 30.1 Å². The van der Waals surface area contributed by atoms with Gasteiger partial charge < -0.3 is 20.1 Å². The molecule has 2 aromatic heterocycles. The number of nitrogens with two attached hydrogens (primary N) is 1. The number of amides is 2. The molecule has 1 aliphatic heterocycles. The molecule has 2 amide bonds. The Morgan fingerprint density at radius 1 is 1.39 bits per heavy atom. The van der Waals surface area contributed by atoms with E-state index in [2.05, 4.69) is 4.98 Å². The number of ether oxygens (including phenoxy) is 2. The second-order valence-corrected chi connectivity index (χ2v) is 6.52. The molecule has 9 heteroatoms. The lowest BCUT2D eigenvalue weighted by Crippen LogP contribution is -2.38. The molecule has 0 saturated carbocycles. The van der Waals surface area contributed by atoms with E-state index in [1.807, 2.05) is 13.8 Å². The topological polar surface area (TPSA) is 117 Å². The number of primary amides is 1. The maximum atomic E-state index is 12.8. The number of aromatic nitrogens is 2. The van der Waals surface area contributed by atoms with Gasteiger partial charge in [-0.1, -0.05) is 0 Å². The third-order valence-electron chi connectivity index (χ3n) is 4.84. The highest BCUT2D eigenvalue weighted by Gasteiger charge is 2.22. The van der Waals surface area contributed by atoms with Crippen LogP contribution in [0.2, 0.25) is 0 Å². The SMILES string of the molecule is CCN(CC)C(=O)Cn1c(=O)c(C(N)=O)cc2c(OCC3CCO3)ccnc21. The quantitative estimate of drug-likeness (QED) is 0.705. The highest BCUT2D eigenvalue weighted by Crippen LogP contribution is 2.25. The van der Waals surface area contributed by atoms with Crippen LogP contribution in [0.3, 0.4) is 0 Å². The van der Waals surface area contributed by atoms with Gasteiger partial charge in [-0.2, -0.15) is 0 Å². The molecular weight excluding hydrogens is 364 g/mol. The van der Waals surface area contributed by atoms with Crippen LogP contribution < -0.4 is 16.0 Å². The Bertz CT molecular complexity index is 947. The lowest BCUT2D eigenvalue weighted by molar-refractivity contribution is -0.131. The van der Waals surface area contributed by atoms with E-state index in [1.54, 1.807) is 11.0 Å². The van der Waals surface area contributed by atoms with E-state index >= 15 is 0 Å². The van der Waals surface area contributed by atoms with Gasteiger partial charge in [-0.05, 0) is 26.0 Å². The van der Waals surface area contributed by atoms with Gasteiger partial charge in [0.25, 0.3) is 11.5 Å². The molecular formula is C19H24N4O5. The van der Waals surface area contributed by atoms with Crippen molar-refractivity contribution in [2.45, 2.75) is 32.9 Å². The maximum absolute atomic E-state index is 12.8. The summed E-state index contributed by atoms with van der Waals surface area (Å²) in [6, 6.07) is 3.02. The number of carbonyl (C=O) groups excluding carboxylic acids is 2. The molecule has 0 aromatic carbocycles. The minimum Gasteiger partial charge on any atom is -0.490 e. The van der Waals surface area contributed by atoms with Gasteiger partial charge in [-0.25, -0.2) is 4.98 Å². The van der Waals surface area contributed by atoms with Crippen molar-refractivity contribution in [1.29, 1.82) is 0 Å². The minimum absolute atomic E-state index is 0.0222. The molecule has 3 heterocycles. The normalized spacial score (nSPS) is 15.9. The smallest absolute Gasteiger partial charge is 0.265 e. The molecule has 9 nitrogen and oxygen atoms in total. The molecule has 1 aliphatic rings. The number of nitrogens with zero attached hydrogens (tertiary/aromatic N) is 3. The summed E-state index contributed by atoms with van der Waals surface area (Å²) in [5.41, 5.74) is 4.80. The largest absolute Gasteiger partial charge is 0.490 e. The molecule has 1 saturated heterocycles. The van der Waals surface area contributed by atoms with Gasteiger partial charge in [0, 0.05) is 32.3 Å². The summed E-state index contributed by atoms with van der Waals surface area (Å²) in [5, 5.41) is 0.447. The Morgan fingerprint density at radius 2 is 2.11 bits per heavy atom. The zero-order valence-corrected chi connectivity index (χ0v) is 16.0. The molecule has 28 heavy (non-hydrogen) atoms. The molecule has 3 rings (SSSR count). The number of carbonyl (C=O) groups is 2. The molecule has 1 atom stereocenters. The lowest BCUT2D eigenvalue weighted by Gasteiger charge is -2.26. The van der Waals surface area contributed by atoms with E-state index in [0.29, 0.717) is 37.4 Å². The molecule has 0 spiro atoms. The van der Waals surface area contributed by atoms with E-state index in [4.69, 9.17) is 15.2 Å². The van der Waals surface area contributed by atoms with Crippen LogP contribution in [0.15, 0.2) is 23.1 Å². The van der Waals surface area contributed by atoms with Crippen LogP contribution >= 0.6 is 0 Å². The number of pyridine rings is 2. The van der Waals surface area contributed by atoms with Gasteiger partial charge >= 0.3 is 0 Å². The average molecular weight is 388 g/mol. The highest BCUT2D eigenvalue weighted by molar-refractivity contribution is 5.97. The third kappa shape index (κ3) is 3.84. The molecule has 1 unspecified atom stereocenters. The number of rotatable bonds is 8. The van der Waals surface area contributed by atoms with Crippen molar-refractivity contribution in [2.24, 2.45) is 5.73 Å². The summed E-state index contributed by atoms with van der Waals surface area (Å²) in [6.45, 7) is 5.57. The fourth-order valence-electron chi connectivity index (χ4n) is 3.10. The monoisotopic (exact) mass is 388 g/mol. The highest BCUT2D eigenvalue weighted by atomic mass is 16.5. The summed E-state index contributed by atoms with van der Waals surface area (Å²) in [7, 11) is 0. The van der Waals surface area contributed by atoms with Crippen LogP contribution in [0.4, 0.5) is 0 Å². The van der Waals surface area contributed by atoms with E-state index in [0.717, 1.165) is 6.42 Å². The van der Waals surface area contributed by atoms with Gasteiger partial charge in [0.15, 0.2) is 0 Å². The number of hydrogen-bond donors (Lipinski definition) is 1. The fourth-order valence-corrected chi connectivity index (χ4v) is 3.10. The number of likely N-dealkylation sites (N-methyl/N-ethyl adjacent to an activating group) is 1. The zero-order chi connectivity index (χ0) is 20.3. The Balaban J connectivity index is 2.07. The van der Waals surface area contributed by atoms with Crippen LogP contribution in [0.5, 0.6) is 5.75 Å². The lowest BCUT2D eigenvalue weighted by atomic mass is 10.1. The Labute approximate surface area is 162 Å². The fraction of sp³-hybridized carbons (Fsp3) is 0.474. The van der Waals surface area contributed by atoms with Crippen LogP contribution in [0, 0.1) is 0 Å². The van der Waals surface area contributed by atoms with E-state index < -0.39 is 11.5 Å². The first-order valence-corrected chi connectivity index (χ1v) is 9.30. The third-order valence-corrected chi connectivity index (χ3v) is 4.84. The molecule has 1 fully saturated rings. The summed E-state index contributed by atoms with van der Waals surface area (Å²) < 4.78 is 12.4. The van der Waals surface area contributed by atoms with Crippen LogP contribution in [-0.4, -0.2) is 58.7 Å². The zero-order valence-electron chi connectivity index (χ0n) is 16.0. The molecule has 0 radical (unpaired) electrons. The Morgan fingerprint density at radius 3 is 2.68 bits per heavy atom. The first kappa shape index (κ1) is 19.8. The first-order valence-electron chi connectivity index (χ1n) is 9.30. The summed E-state index contributed by atoms with van der Waals surface area (Å²) in [4.78, 5) is 43.0. The van der Waals surface area contributed by atoms with Crippen LogP contribution in [0.1, 0.15) is 30.6 Å². The van der Waals surface area contributed by atoms with Crippen molar-refractivity contribution in [1.82, 2.24) is 14.5 Å². The minimum atomic E-state index is -0.868. The molecule has 150 valence electrons. The van der Waals surface area contributed by atoms with Crippen molar-refractivity contribution in [3.8, 4) is 5.75 Å². The predicted molar refractivity (Wildman–Crippen MR) is 102 cm³/mol. The van der Waals surface area contributed by atoms with Crippen molar-refractivity contribution >= 4 is 22.8 Å². The van der Waals surface area contributed by atoms with Gasteiger partial charge in [0.05, 0.1) is 11.5 Å². The predicted octanol–water partition coefficient (Wildman–Crippen LogP) is 0.532. The average Bonchev–Trinajstić information content (AvgIpc) is 2.63. The van der Waals surface area contributed by atoms with Crippen molar-refractivity contribution in [3.63, 3.8) is 0 Å². The van der Waals surface area contributed by atoms with Crippen LogP contribution in [0.25, 0.3) is 11.0 Å². The van der Waals surface area contributed by atoms with Crippen LogP contribution in [-0.2, 0) is 16.1 Å². The molecule has 0 aliphatic carbocycles. The van der Waals surface area contributed by atoms with E-state index in [1.165, 1.54) is 16.8 Å². The summed E-state index contributed by atoms with van der Waals surface area (Å²) in [6.07, 6.45) is 2.44. The van der Waals surface area contributed by atoms with Crippen molar-refractivity contribution in [2.75, 3.05) is 26.3 Å². The number of hydrogen-bond acceptors (Lipinski definition) is 6. The Kier molecular flexibility index (Phi) is 5.93.